The van der Waals surface area contributed by atoms with E-state index in [4.69, 9.17) is 0 Å². The van der Waals surface area contributed by atoms with E-state index >= 15 is 0 Å². The Balaban J connectivity index is 1.23. The van der Waals surface area contributed by atoms with Gasteiger partial charge in [0.25, 0.3) is 5.91 Å². The Morgan fingerprint density at radius 3 is 2.79 bits per heavy atom. The second-order valence-corrected chi connectivity index (χ2v) is 8.80. The normalized spacial score (nSPS) is 17.5. The second-order valence-electron chi connectivity index (χ2n) is 7.71. The number of nitrogens with zero attached hydrogens (tertiary/aromatic N) is 3. The topological polar surface area (TPSA) is 58.1 Å². The molecule has 0 saturated carbocycles. The minimum atomic E-state index is 0.0547. The van der Waals surface area contributed by atoms with Crippen molar-refractivity contribution in [1.29, 1.82) is 0 Å². The van der Waals surface area contributed by atoms with Crippen LogP contribution in [0.2, 0.25) is 0 Å². The third kappa shape index (κ3) is 3.37. The zero-order valence-electron chi connectivity index (χ0n) is 15.9. The van der Waals surface area contributed by atoms with Crippen LogP contribution in [0.15, 0.2) is 36.7 Å². The van der Waals surface area contributed by atoms with Crippen LogP contribution in [0.3, 0.4) is 0 Å². The third-order valence-electron chi connectivity index (χ3n) is 5.88. The van der Waals surface area contributed by atoms with Crippen LogP contribution in [0.25, 0.3) is 10.1 Å². The Labute approximate surface area is 168 Å². The first-order valence-corrected chi connectivity index (χ1v) is 11.0. The van der Waals surface area contributed by atoms with E-state index in [2.05, 4.69) is 32.3 Å². The number of benzene rings is 1. The lowest BCUT2D eigenvalue weighted by Gasteiger charge is -2.34. The SMILES string of the molecule is O=C(NC1CCN(c2ncnc3c2CCCC3)CC1)c1cc2ccccc2s1. The summed E-state index contributed by atoms with van der Waals surface area (Å²) in [6, 6.07) is 10.4. The summed E-state index contributed by atoms with van der Waals surface area (Å²) in [6.07, 6.45) is 8.25. The fourth-order valence-corrected chi connectivity index (χ4v) is 5.33. The quantitative estimate of drug-likeness (QED) is 0.733. The van der Waals surface area contributed by atoms with Crippen molar-refractivity contribution >= 4 is 33.1 Å². The van der Waals surface area contributed by atoms with Gasteiger partial charge in [-0.3, -0.25) is 4.79 Å². The minimum absolute atomic E-state index is 0.0547. The van der Waals surface area contributed by atoms with Crippen LogP contribution in [0.4, 0.5) is 5.82 Å². The molecular formula is C22H24N4OS. The molecule has 6 heteroatoms. The molecule has 0 radical (unpaired) electrons. The number of anilines is 1. The van der Waals surface area contributed by atoms with Gasteiger partial charge in [0, 0.05) is 35.1 Å². The fraction of sp³-hybridized carbons (Fsp3) is 0.409. The van der Waals surface area contributed by atoms with E-state index < -0.39 is 0 Å². The van der Waals surface area contributed by atoms with E-state index in [0.717, 1.165) is 59.6 Å². The van der Waals surface area contributed by atoms with Crippen LogP contribution in [-0.2, 0) is 12.8 Å². The lowest BCUT2D eigenvalue weighted by atomic mass is 9.95. The third-order valence-corrected chi connectivity index (χ3v) is 7.00. The zero-order chi connectivity index (χ0) is 18.9. The number of hydrogen-bond acceptors (Lipinski definition) is 5. The Hall–Kier alpha value is -2.47. The van der Waals surface area contributed by atoms with E-state index in [-0.39, 0.29) is 11.9 Å². The molecule has 0 unspecified atom stereocenters. The van der Waals surface area contributed by atoms with Crippen molar-refractivity contribution in [2.24, 2.45) is 0 Å². The summed E-state index contributed by atoms with van der Waals surface area (Å²) in [6.45, 7) is 1.86. The molecule has 5 rings (SSSR count). The molecule has 1 aromatic carbocycles. The first-order valence-electron chi connectivity index (χ1n) is 10.1. The molecule has 1 aliphatic carbocycles. The molecule has 3 heterocycles. The van der Waals surface area contributed by atoms with Crippen molar-refractivity contribution in [3.05, 3.63) is 52.8 Å². The van der Waals surface area contributed by atoms with Gasteiger partial charge in [-0.1, -0.05) is 18.2 Å². The highest BCUT2D eigenvalue weighted by molar-refractivity contribution is 7.20. The smallest absolute Gasteiger partial charge is 0.261 e. The van der Waals surface area contributed by atoms with E-state index in [1.54, 1.807) is 17.7 Å². The number of nitrogens with one attached hydrogen (secondary N) is 1. The average Bonchev–Trinajstić information content (AvgIpc) is 3.18. The highest BCUT2D eigenvalue weighted by Crippen LogP contribution is 2.29. The standard InChI is InChI=1S/C22H24N4OS/c27-22(20-13-15-5-1-4-8-19(15)28-20)25-16-9-11-26(12-10-16)21-17-6-2-3-7-18(17)23-14-24-21/h1,4-5,8,13-14,16H,2-3,6-7,9-12H2,(H,25,27). The maximum atomic E-state index is 12.7. The molecular weight excluding hydrogens is 368 g/mol. The zero-order valence-corrected chi connectivity index (χ0v) is 16.7. The molecule has 28 heavy (non-hydrogen) atoms. The number of carbonyl (C=O) groups excluding carboxylic acids is 1. The Bertz CT molecular complexity index is 974. The summed E-state index contributed by atoms with van der Waals surface area (Å²) in [5.74, 6) is 1.18. The summed E-state index contributed by atoms with van der Waals surface area (Å²) < 4.78 is 1.16. The number of thiophene rings is 1. The average molecular weight is 393 g/mol. The van der Waals surface area contributed by atoms with Gasteiger partial charge in [0.15, 0.2) is 0 Å². The number of aromatic nitrogens is 2. The lowest BCUT2D eigenvalue weighted by molar-refractivity contribution is 0.0935. The summed E-state index contributed by atoms with van der Waals surface area (Å²) in [7, 11) is 0. The number of hydrogen-bond donors (Lipinski definition) is 1. The van der Waals surface area contributed by atoms with E-state index in [0.29, 0.717) is 0 Å². The van der Waals surface area contributed by atoms with Crippen molar-refractivity contribution in [2.45, 2.75) is 44.6 Å². The maximum absolute atomic E-state index is 12.7. The highest BCUT2D eigenvalue weighted by atomic mass is 32.1. The van der Waals surface area contributed by atoms with Crippen molar-refractivity contribution in [1.82, 2.24) is 15.3 Å². The number of fused-ring (bicyclic) bond motifs is 2. The fourth-order valence-electron chi connectivity index (χ4n) is 4.36. The molecule has 144 valence electrons. The molecule has 1 N–H and O–H groups in total. The van der Waals surface area contributed by atoms with Gasteiger partial charge in [0.2, 0.25) is 0 Å². The van der Waals surface area contributed by atoms with E-state index in [1.165, 1.54) is 24.1 Å². The summed E-state index contributed by atoms with van der Waals surface area (Å²) >= 11 is 1.57. The molecule has 0 bridgehead atoms. The van der Waals surface area contributed by atoms with Crippen molar-refractivity contribution in [3.8, 4) is 0 Å². The van der Waals surface area contributed by atoms with Crippen LogP contribution in [0.5, 0.6) is 0 Å². The minimum Gasteiger partial charge on any atom is -0.356 e. The summed E-state index contributed by atoms with van der Waals surface area (Å²) in [4.78, 5) is 25.0. The Morgan fingerprint density at radius 2 is 1.93 bits per heavy atom. The Kier molecular flexibility index (Phi) is 4.72. The monoisotopic (exact) mass is 392 g/mol. The van der Waals surface area contributed by atoms with Crippen LogP contribution in [-0.4, -0.2) is 35.0 Å². The van der Waals surface area contributed by atoms with Crippen LogP contribution in [0.1, 0.15) is 46.6 Å². The number of amides is 1. The Morgan fingerprint density at radius 1 is 1.11 bits per heavy atom. The number of piperidine rings is 1. The van der Waals surface area contributed by atoms with Crippen LogP contribution in [0, 0.1) is 0 Å². The van der Waals surface area contributed by atoms with Crippen molar-refractivity contribution < 1.29 is 4.79 Å². The van der Waals surface area contributed by atoms with E-state index in [9.17, 15) is 4.79 Å². The lowest BCUT2D eigenvalue weighted by Crippen LogP contribution is -2.45. The largest absolute Gasteiger partial charge is 0.356 e. The molecule has 2 aromatic heterocycles. The molecule has 2 aliphatic rings. The van der Waals surface area contributed by atoms with Gasteiger partial charge < -0.3 is 10.2 Å². The van der Waals surface area contributed by atoms with Gasteiger partial charge in [-0.15, -0.1) is 11.3 Å². The number of aryl methyl sites for hydroxylation is 1. The van der Waals surface area contributed by atoms with Gasteiger partial charge in [0.1, 0.15) is 12.1 Å². The molecule has 5 nitrogen and oxygen atoms in total. The van der Waals surface area contributed by atoms with Gasteiger partial charge in [-0.2, -0.15) is 0 Å². The molecule has 1 saturated heterocycles. The number of rotatable bonds is 3. The molecule has 0 spiro atoms. The van der Waals surface area contributed by atoms with Gasteiger partial charge >= 0.3 is 0 Å². The maximum Gasteiger partial charge on any atom is 0.261 e. The summed E-state index contributed by atoms with van der Waals surface area (Å²) in [5.41, 5.74) is 2.58. The van der Waals surface area contributed by atoms with Gasteiger partial charge in [0.05, 0.1) is 4.88 Å². The first kappa shape index (κ1) is 17.6. The highest BCUT2D eigenvalue weighted by Gasteiger charge is 2.25. The van der Waals surface area contributed by atoms with Crippen LogP contribution >= 0.6 is 11.3 Å². The van der Waals surface area contributed by atoms with Gasteiger partial charge in [-0.25, -0.2) is 9.97 Å². The molecule has 1 aliphatic heterocycles. The molecule has 3 aromatic rings. The van der Waals surface area contributed by atoms with Crippen molar-refractivity contribution in [3.63, 3.8) is 0 Å². The predicted octanol–water partition coefficient (Wildman–Crippen LogP) is 3.97. The summed E-state index contributed by atoms with van der Waals surface area (Å²) in [5, 5.41) is 4.38. The van der Waals surface area contributed by atoms with Gasteiger partial charge in [-0.05, 0) is 56.0 Å². The molecule has 1 amide bonds. The van der Waals surface area contributed by atoms with Crippen molar-refractivity contribution in [2.75, 3.05) is 18.0 Å². The molecule has 1 fully saturated rings. The predicted molar refractivity (Wildman–Crippen MR) is 113 cm³/mol. The first-order chi connectivity index (χ1) is 13.8. The van der Waals surface area contributed by atoms with Crippen LogP contribution < -0.4 is 10.2 Å². The second kappa shape index (κ2) is 7.51. The molecule has 0 atom stereocenters. The number of carbonyl (C=O) groups is 1. The van der Waals surface area contributed by atoms with E-state index in [1.807, 2.05) is 18.2 Å².